The Balaban J connectivity index is 1.39. The van der Waals surface area contributed by atoms with E-state index < -0.39 is 0 Å². The molecular weight excluding hydrogens is 538 g/mol. The van der Waals surface area contributed by atoms with Crippen molar-refractivity contribution >= 4 is 54.9 Å². The fraction of sp³-hybridized carbons (Fsp3) is 0.0769. The number of rotatable bonds is 3. The van der Waals surface area contributed by atoms with Crippen LogP contribution in [0, 0.1) is 20.2 Å². The van der Waals surface area contributed by atoms with Gasteiger partial charge in [-0.3, -0.25) is 9.13 Å². The lowest BCUT2D eigenvalue weighted by Crippen LogP contribution is -2.26. The summed E-state index contributed by atoms with van der Waals surface area (Å²) in [5.41, 5.74) is 12.1. The van der Waals surface area contributed by atoms with Gasteiger partial charge in [-0.15, -0.1) is 0 Å². The van der Waals surface area contributed by atoms with Crippen molar-refractivity contribution in [2.75, 3.05) is 0 Å². The molecule has 9 rings (SSSR count). The Hall–Kier alpha value is -5.68. The summed E-state index contributed by atoms with van der Waals surface area (Å²) in [6, 6.07) is 43.4. The summed E-state index contributed by atoms with van der Waals surface area (Å²) in [5, 5.41) is 4.74. The normalized spacial score (nSPS) is 12.0. The molecule has 0 saturated heterocycles. The molecule has 0 radical (unpaired) electrons. The summed E-state index contributed by atoms with van der Waals surface area (Å²) in [6.07, 6.45) is 3.50. The number of hydrogen-bond donors (Lipinski definition) is 0. The van der Waals surface area contributed by atoms with Crippen LogP contribution >= 0.6 is 0 Å². The van der Waals surface area contributed by atoms with Crippen LogP contribution in [0.3, 0.4) is 0 Å². The number of aromatic nitrogens is 5. The summed E-state index contributed by atoms with van der Waals surface area (Å²) in [7, 11) is 2.04. The first-order chi connectivity index (χ1) is 21.5. The number of para-hydroxylation sites is 3. The third-order valence-corrected chi connectivity index (χ3v) is 8.87. The molecular formula is C39H29N5. The van der Waals surface area contributed by atoms with Crippen molar-refractivity contribution in [3.8, 4) is 17.1 Å². The van der Waals surface area contributed by atoms with Gasteiger partial charge in [-0.05, 0) is 68.4 Å². The monoisotopic (exact) mass is 567 g/mol. The van der Waals surface area contributed by atoms with E-state index in [2.05, 4.69) is 155 Å². The predicted octanol–water partition coefficient (Wildman–Crippen LogP) is 8.46. The van der Waals surface area contributed by atoms with Crippen LogP contribution in [0.2, 0.25) is 0 Å². The highest BCUT2D eigenvalue weighted by molar-refractivity contribution is 6.16. The average molecular weight is 568 g/mol. The van der Waals surface area contributed by atoms with Gasteiger partial charge in [0.2, 0.25) is 6.33 Å². The quantitative estimate of drug-likeness (QED) is 0.156. The van der Waals surface area contributed by atoms with Crippen LogP contribution in [0.4, 0.5) is 0 Å². The van der Waals surface area contributed by atoms with E-state index in [1.54, 1.807) is 0 Å². The zero-order valence-electron chi connectivity index (χ0n) is 24.8. The maximum atomic E-state index is 5.53. The fourth-order valence-electron chi connectivity index (χ4n) is 6.84. The minimum absolute atomic E-state index is 0.943. The molecule has 4 heterocycles. The molecule has 0 saturated carbocycles. The maximum absolute atomic E-state index is 5.53. The van der Waals surface area contributed by atoms with Crippen molar-refractivity contribution in [2.45, 2.75) is 13.8 Å². The summed E-state index contributed by atoms with van der Waals surface area (Å²) >= 11 is 0. The third kappa shape index (κ3) is 3.53. The largest absolute Gasteiger partial charge is 0.319 e. The molecule has 0 unspecified atom stereocenters. The molecule has 0 amide bonds. The van der Waals surface area contributed by atoms with Gasteiger partial charge < -0.3 is 9.13 Å². The van der Waals surface area contributed by atoms with E-state index in [-0.39, 0.29) is 0 Å². The smallest absolute Gasteiger partial charge is 0.244 e. The number of aryl methyl sites for hydroxylation is 3. The van der Waals surface area contributed by atoms with E-state index in [0.29, 0.717) is 0 Å². The molecule has 210 valence electrons. The van der Waals surface area contributed by atoms with Gasteiger partial charge in [0, 0.05) is 32.9 Å². The Morgan fingerprint density at radius 2 is 1.11 bits per heavy atom. The molecule has 0 aliphatic heterocycles. The average Bonchev–Trinajstić information content (AvgIpc) is 3.67. The molecule has 5 aromatic carbocycles. The van der Waals surface area contributed by atoms with E-state index in [4.69, 9.17) is 4.98 Å². The lowest BCUT2D eigenvalue weighted by molar-refractivity contribution is -0.649. The first-order valence-electron chi connectivity index (χ1n) is 15.0. The van der Waals surface area contributed by atoms with Gasteiger partial charge in [0.05, 0.1) is 34.8 Å². The number of imidazole rings is 1. The van der Waals surface area contributed by atoms with Crippen LogP contribution < -0.4 is 4.57 Å². The highest BCUT2D eigenvalue weighted by atomic mass is 15.1. The fourth-order valence-corrected chi connectivity index (χ4v) is 6.84. The van der Waals surface area contributed by atoms with E-state index in [9.17, 15) is 0 Å². The molecule has 5 nitrogen and oxygen atoms in total. The minimum atomic E-state index is 0.943. The van der Waals surface area contributed by atoms with Crippen molar-refractivity contribution in [1.82, 2.24) is 18.7 Å². The lowest BCUT2D eigenvalue weighted by Gasteiger charge is -2.12. The molecule has 5 heteroatoms. The van der Waals surface area contributed by atoms with Crippen molar-refractivity contribution in [3.05, 3.63) is 139 Å². The van der Waals surface area contributed by atoms with Gasteiger partial charge in [-0.2, -0.15) is 0 Å². The first kappa shape index (κ1) is 24.9. The van der Waals surface area contributed by atoms with Crippen LogP contribution in [0.25, 0.3) is 72.0 Å². The maximum Gasteiger partial charge on any atom is 0.244 e. The number of benzene rings is 5. The second-order valence-electron chi connectivity index (χ2n) is 11.8. The van der Waals surface area contributed by atoms with Crippen LogP contribution in [0.15, 0.2) is 121 Å². The van der Waals surface area contributed by atoms with Crippen LogP contribution in [0.1, 0.15) is 11.1 Å². The Bertz CT molecular complexity index is 2580. The molecule has 9 aromatic rings. The summed E-state index contributed by atoms with van der Waals surface area (Å²) < 4.78 is 8.80. The zero-order valence-corrected chi connectivity index (χ0v) is 24.8. The molecule has 4 aromatic heterocycles. The van der Waals surface area contributed by atoms with Crippen molar-refractivity contribution in [1.29, 1.82) is 0 Å². The topological polar surface area (TPSA) is 31.6 Å². The van der Waals surface area contributed by atoms with Gasteiger partial charge in [0.15, 0.2) is 0 Å². The molecule has 0 fully saturated rings. The van der Waals surface area contributed by atoms with Crippen LogP contribution in [-0.4, -0.2) is 18.7 Å². The molecule has 0 bridgehead atoms. The third-order valence-electron chi connectivity index (χ3n) is 8.87. The van der Waals surface area contributed by atoms with Gasteiger partial charge in [0.1, 0.15) is 11.3 Å². The Morgan fingerprint density at radius 1 is 0.523 bits per heavy atom. The van der Waals surface area contributed by atoms with Gasteiger partial charge in [0.25, 0.3) is 0 Å². The second kappa shape index (κ2) is 9.16. The Labute approximate surface area is 254 Å². The van der Waals surface area contributed by atoms with E-state index in [1.807, 2.05) is 11.6 Å². The van der Waals surface area contributed by atoms with Gasteiger partial charge in [-0.25, -0.2) is 4.98 Å². The van der Waals surface area contributed by atoms with Gasteiger partial charge in [-0.1, -0.05) is 77.9 Å². The Morgan fingerprint density at radius 3 is 1.82 bits per heavy atom. The van der Waals surface area contributed by atoms with E-state index in [0.717, 1.165) is 61.2 Å². The van der Waals surface area contributed by atoms with E-state index >= 15 is 0 Å². The van der Waals surface area contributed by atoms with E-state index in [1.165, 1.54) is 21.9 Å². The SMILES string of the molecule is Cc1ccc2c(c1)c1cc3c4cc(C)ccc4n(-c4cccc(-n5[c-][n+](C)c6ccccc65)c4)c3nc1n2-c1ccccc1. The van der Waals surface area contributed by atoms with Gasteiger partial charge >= 0.3 is 0 Å². The summed E-state index contributed by atoms with van der Waals surface area (Å²) in [5.74, 6) is 0. The number of pyridine rings is 1. The molecule has 0 aliphatic carbocycles. The second-order valence-corrected chi connectivity index (χ2v) is 11.8. The summed E-state index contributed by atoms with van der Waals surface area (Å²) in [4.78, 5) is 5.53. The van der Waals surface area contributed by atoms with Crippen molar-refractivity contribution in [3.63, 3.8) is 0 Å². The molecule has 0 aliphatic rings. The molecule has 0 N–H and O–H groups in total. The van der Waals surface area contributed by atoms with Crippen molar-refractivity contribution < 1.29 is 4.57 Å². The molecule has 44 heavy (non-hydrogen) atoms. The predicted molar refractivity (Wildman–Crippen MR) is 179 cm³/mol. The highest BCUT2D eigenvalue weighted by Crippen LogP contribution is 2.38. The molecule has 0 atom stereocenters. The van der Waals surface area contributed by atoms with Crippen LogP contribution in [0.5, 0.6) is 0 Å². The number of hydrogen-bond acceptors (Lipinski definition) is 1. The van der Waals surface area contributed by atoms with Crippen molar-refractivity contribution in [2.24, 2.45) is 7.05 Å². The lowest BCUT2D eigenvalue weighted by atomic mass is 10.1. The number of nitrogens with zero attached hydrogens (tertiary/aromatic N) is 5. The number of fused-ring (bicyclic) bond motifs is 7. The van der Waals surface area contributed by atoms with Crippen LogP contribution in [-0.2, 0) is 7.05 Å². The Kier molecular flexibility index (Phi) is 5.18. The minimum Gasteiger partial charge on any atom is -0.319 e. The standard InChI is InChI=1S/C39H29N5/c1-25-16-18-34-30(20-25)32-23-33-31-21-26(2)17-19-35(31)44(39(33)40-38(32)43(34)27-10-5-4-6-11-27)29-13-9-12-28(22-29)42-24-41(3)36-14-7-8-15-37(36)42/h4-23H,1-3H3. The summed E-state index contributed by atoms with van der Waals surface area (Å²) in [6.45, 7) is 4.32. The highest BCUT2D eigenvalue weighted by Gasteiger charge is 2.20. The zero-order chi connectivity index (χ0) is 29.5. The first-order valence-corrected chi connectivity index (χ1v) is 15.0. The molecule has 0 spiro atoms.